The smallest absolute Gasteiger partial charge is 0.385 e. The normalized spacial score (nSPS) is 18.1. The second-order valence-electron chi connectivity index (χ2n) is 1.98. The van der Waals surface area contributed by atoms with Crippen LogP contribution in [0.1, 0.15) is 6.92 Å². The van der Waals surface area contributed by atoms with Gasteiger partial charge in [0.05, 0.1) is 0 Å². The van der Waals surface area contributed by atoms with Crippen LogP contribution in [0.25, 0.3) is 0 Å². The molecule has 0 heterocycles. The molecule has 0 fully saturated rings. The lowest BCUT2D eigenvalue weighted by atomic mass is 10.1. The van der Waals surface area contributed by atoms with Crippen LogP contribution in [0.4, 0.5) is 13.2 Å². The summed E-state index contributed by atoms with van der Waals surface area (Å²) < 4.78 is 34.8. The van der Waals surface area contributed by atoms with Gasteiger partial charge in [-0.2, -0.15) is 13.2 Å². The van der Waals surface area contributed by atoms with Crippen LogP contribution in [-0.2, 0) is 0 Å². The monoisotopic (exact) mass is 156 g/mol. The fourth-order valence-electron chi connectivity index (χ4n) is 0.153. The van der Waals surface area contributed by atoms with E-state index in [1.807, 2.05) is 0 Å². The van der Waals surface area contributed by atoms with E-state index in [1.165, 1.54) is 0 Å². The first-order chi connectivity index (χ1) is 4.19. The summed E-state index contributed by atoms with van der Waals surface area (Å²) in [4.78, 5) is 0. The Morgan fingerprint density at radius 3 is 1.80 bits per heavy atom. The Labute approximate surface area is 55.2 Å². The molecule has 0 spiro atoms. The summed E-state index contributed by atoms with van der Waals surface area (Å²) in [5.74, 6) is -1.31. The number of aliphatic hydroxyl groups is 1. The van der Waals surface area contributed by atoms with Gasteiger partial charge in [-0.15, -0.1) is 0 Å². The van der Waals surface area contributed by atoms with Crippen molar-refractivity contribution in [1.82, 2.24) is 0 Å². The Balaban J connectivity index is 4.57. The van der Waals surface area contributed by atoms with E-state index in [1.54, 1.807) is 0 Å². The zero-order chi connectivity index (χ0) is 8.58. The lowest BCUT2D eigenvalue weighted by molar-refractivity contribution is -0.224. The van der Waals surface area contributed by atoms with Gasteiger partial charge in [0.25, 0.3) is 0 Å². The lowest BCUT2D eigenvalue weighted by Gasteiger charge is -2.24. The average Bonchev–Trinajstić information content (AvgIpc) is 1.62. The molecule has 60 valence electrons. The molecule has 10 heavy (non-hydrogen) atoms. The van der Waals surface area contributed by atoms with Crippen LogP contribution in [0.2, 0.25) is 0 Å². The molecule has 0 aliphatic carbocycles. The Bertz CT molecular complexity index is 151. The highest BCUT2D eigenvalue weighted by atomic mass is 19.4. The standard InChI is InChI=1S/C4H7F3N2O/c1-3(10,2(8)9)4(5,6)7/h10H,1H3,(H3,8,9). The maximum atomic E-state index is 11.6. The third kappa shape index (κ3) is 1.38. The molecule has 0 radical (unpaired) electrons. The molecule has 0 aliphatic rings. The number of hydrogen-bond donors (Lipinski definition) is 3. The van der Waals surface area contributed by atoms with Crippen molar-refractivity contribution in [3.63, 3.8) is 0 Å². The second kappa shape index (κ2) is 2.12. The zero-order valence-corrected chi connectivity index (χ0v) is 5.16. The summed E-state index contributed by atoms with van der Waals surface area (Å²) in [5.41, 5.74) is 1.27. The van der Waals surface area contributed by atoms with Gasteiger partial charge in [0.2, 0.25) is 5.60 Å². The molecule has 1 atom stereocenters. The molecule has 6 heteroatoms. The van der Waals surface area contributed by atoms with E-state index in [4.69, 9.17) is 10.5 Å². The van der Waals surface area contributed by atoms with Gasteiger partial charge in [-0.3, -0.25) is 5.41 Å². The SMILES string of the molecule is CC(O)(C(=N)N)C(F)(F)F. The Hall–Kier alpha value is -0.780. The van der Waals surface area contributed by atoms with Gasteiger partial charge < -0.3 is 10.8 Å². The minimum atomic E-state index is -4.88. The molecule has 0 rings (SSSR count). The number of nitrogens with one attached hydrogen (secondary N) is 1. The van der Waals surface area contributed by atoms with Crippen molar-refractivity contribution in [3.05, 3.63) is 0 Å². The van der Waals surface area contributed by atoms with Crippen molar-refractivity contribution in [2.45, 2.75) is 18.7 Å². The van der Waals surface area contributed by atoms with E-state index in [-0.39, 0.29) is 0 Å². The quantitative estimate of drug-likeness (QED) is 0.376. The van der Waals surface area contributed by atoms with Crippen molar-refractivity contribution >= 4 is 5.84 Å². The number of alkyl halides is 3. The first kappa shape index (κ1) is 9.22. The van der Waals surface area contributed by atoms with Crippen LogP contribution >= 0.6 is 0 Å². The first-order valence-corrected chi connectivity index (χ1v) is 2.33. The minimum Gasteiger partial charge on any atom is -0.385 e. The highest BCUT2D eigenvalue weighted by molar-refractivity contribution is 5.86. The molecule has 0 saturated carbocycles. The molecule has 0 amide bonds. The number of halogens is 3. The van der Waals surface area contributed by atoms with Gasteiger partial charge in [-0.05, 0) is 6.92 Å². The molecule has 0 aliphatic heterocycles. The average molecular weight is 156 g/mol. The molecule has 0 aromatic carbocycles. The van der Waals surface area contributed by atoms with Crippen molar-refractivity contribution < 1.29 is 18.3 Å². The second-order valence-corrected chi connectivity index (χ2v) is 1.98. The summed E-state index contributed by atoms with van der Waals surface area (Å²) >= 11 is 0. The largest absolute Gasteiger partial charge is 0.424 e. The molecule has 0 aromatic rings. The number of nitrogens with two attached hydrogens (primary N) is 1. The van der Waals surface area contributed by atoms with Crippen LogP contribution in [0.15, 0.2) is 0 Å². The van der Waals surface area contributed by atoms with E-state index < -0.39 is 17.6 Å². The van der Waals surface area contributed by atoms with Crippen LogP contribution in [0, 0.1) is 5.41 Å². The third-order valence-electron chi connectivity index (χ3n) is 1.08. The summed E-state index contributed by atoms with van der Waals surface area (Å²) in [7, 11) is 0. The van der Waals surface area contributed by atoms with Crippen molar-refractivity contribution in [3.8, 4) is 0 Å². The fourth-order valence-corrected chi connectivity index (χ4v) is 0.153. The predicted octanol–water partition coefficient (Wildman–Crippen LogP) is 0.236. The molecular formula is C4H7F3N2O. The molecular weight excluding hydrogens is 149 g/mol. The van der Waals surface area contributed by atoms with Crippen LogP contribution in [0.3, 0.4) is 0 Å². The van der Waals surface area contributed by atoms with Crippen LogP contribution in [-0.4, -0.2) is 22.7 Å². The molecule has 0 saturated heterocycles. The van der Waals surface area contributed by atoms with Crippen molar-refractivity contribution in [2.75, 3.05) is 0 Å². The van der Waals surface area contributed by atoms with Gasteiger partial charge in [-0.25, -0.2) is 0 Å². The maximum Gasteiger partial charge on any atom is 0.424 e. The molecule has 1 unspecified atom stereocenters. The molecule has 3 nitrogen and oxygen atoms in total. The summed E-state index contributed by atoms with van der Waals surface area (Å²) in [6, 6.07) is 0. The maximum absolute atomic E-state index is 11.6. The summed E-state index contributed by atoms with van der Waals surface area (Å²) in [6.07, 6.45) is -4.88. The third-order valence-corrected chi connectivity index (χ3v) is 1.08. The molecule has 4 N–H and O–H groups in total. The zero-order valence-electron chi connectivity index (χ0n) is 5.16. The summed E-state index contributed by atoms with van der Waals surface area (Å²) in [6.45, 7) is 0.426. The predicted molar refractivity (Wildman–Crippen MR) is 28.6 cm³/mol. The fraction of sp³-hybridized carbons (Fsp3) is 0.750. The number of rotatable bonds is 1. The van der Waals surface area contributed by atoms with E-state index in [9.17, 15) is 13.2 Å². The van der Waals surface area contributed by atoms with Gasteiger partial charge in [0.15, 0.2) is 0 Å². The first-order valence-electron chi connectivity index (χ1n) is 2.33. The lowest BCUT2D eigenvalue weighted by Crippen LogP contribution is -2.52. The number of hydrogen-bond acceptors (Lipinski definition) is 2. The van der Waals surface area contributed by atoms with E-state index in [2.05, 4.69) is 5.73 Å². The highest BCUT2D eigenvalue weighted by Crippen LogP contribution is 2.29. The Kier molecular flexibility index (Phi) is 1.95. The van der Waals surface area contributed by atoms with Crippen molar-refractivity contribution in [2.24, 2.45) is 5.73 Å². The topological polar surface area (TPSA) is 70.1 Å². The molecule has 0 bridgehead atoms. The number of amidine groups is 1. The van der Waals surface area contributed by atoms with Gasteiger partial charge in [0.1, 0.15) is 5.84 Å². The van der Waals surface area contributed by atoms with Crippen LogP contribution < -0.4 is 5.73 Å². The van der Waals surface area contributed by atoms with E-state index >= 15 is 0 Å². The minimum absolute atomic E-state index is 0.426. The van der Waals surface area contributed by atoms with Crippen LogP contribution in [0.5, 0.6) is 0 Å². The highest BCUT2D eigenvalue weighted by Gasteiger charge is 2.52. The van der Waals surface area contributed by atoms with Gasteiger partial charge in [-0.1, -0.05) is 0 Å². The molecule has 0 aromatic heterocycles. The van der Waals surface area contributed by atoms with E-state index in [0.717, 1.165) is 0 Å². The van der Waals surface area contributed by atoms with Gasteiger partial charge in [0, 0.05) is 0 Å². The summed E-state index contributed by atoms with van der Waals surface area (Å²) in [5, 5.41) is 14.8. The Morgan fingerprint density at radius 2 is 1.80 bits per heavy atom. The van der Waals surface area contributed by atoms with Crippen molar-refractivity contribution in [1.29, 1.82) is 5.41 Å². The Morgan fingerprint density at radius 1 is 1.50 bits per heavy atom. The van der Waals surface area contributed by atoms with E-state index in [0.29, 0.717) is 6.92 Å². The van der Waals surface area contributed by atoms with Gasteiger partial charge >= 0.3 is 6.18 Å².